The van der Waals surface area contributed by atoms with Crippen molar-refractivity contribution in [3.05, 3.63) is 29.6 Å². The molecule has 0 aliphatic heterocycles. The molecule has 2 aromatic heterocycles. The summed E-state index contributed by atoms with van der Waals surface area (Å²) in [7, 11) is 1.35. The lowest BCUT2D eigenvalue weighted by Gasteiger charge is -2.20. The molecule has 168 valence electrons. The van der Waals surface area contributed by atoms with Crippen molar-refractivity contribution >= 4 is 11.8 Å². The summed E-state index contributed by atoms with van der Waals surface area (Å²) in [5.41, 5.74) is -1.92. The van der Waals surface area contributed by atoms with Crippen molar-refractivity contribution < 1.29 is 27.5 Å². The molecule has 1 aliphatic carbocycles. The number of hydrogen-bond acceptors (Lipinski definition) is 6. The molecule has 31 heavy (non-hydrogen) atoms. The molecule has 1 fully saturated rings. The molecule has 12 heteroatoms. The number of carbonyl (C=O) groups excluding carboxylic acids is 2. The molecule has 0 unspecified atom stereocenters. The van der Waals surface area contributed by atoms with Gasteiger partial charge < -0.3 is 15.4 Å². The predicted octanol–water partition coefficient (Wildman–Crippen LogP) is 2.12. The van der Waals surface area contributed by atoms with Gasteiger partial charge >= 0.3 is 6.18 Å². The van der Waals surface area contributed by atoms with Crippen LogP contribution in [0, 0.1) is 5.92 Å². The molecular weight excluding hydrogens is 417 g/mol. The third-order valence-electron chi connectivity index (χ3n) is 5.02. The van der Waals surface area contributed by atoms with E-state index in [2.05, 4.69) is 25.9 Å². The van der Waals surface area contributed by atoms with Gasteiger partial charge in [0.15, 0.2) is 11.5 Å². The number of hydrogen-bond donors (Lipinski definition) is 2. The van der Waals surface area contributed by atoms with Crippen LogP contribution in [-0.4, -0.2) is 52.0 Å². The first-order valence-electron chi connectivity index (χ1n) is 9.90. The number of nitrogens with one attached hydrogen (secondary N) is 2. The van der Waals surface area contributed by atoms with E-state index < -0.39 is 23.3 Å². The van der Waals surface area contributed by atoms with Crippen LogP contribution < -0.4 is 15.4 Å². The van der Waals surface area contributed by atoms with E-state index in [1.807, 2.05) is 0 Å². The van der Waals surface area contributed by atoms with Crippen LogP contribution in [0.3, 0.4) is 0 Å². The van der Waals surface area contributed by atoms with Crippen molar-refractivity contribution in [2.45, 2.75) is 38.3 Å². The van der Waals surface area contributed by atoms with Crippen LogP contribution in [0.2, 0.25) is 0 Å². The van der Waals surface area contributed by atoms with Crippen molar-refractivity contribution in [3.8, 4) is 11.7 Å². The number of halogens is 3. The first kappa shape index (κ1) is 22.5. The average Bonchev–Trinajstić information content (AvgIpc) is 3.23. The average molecular weight is 440 g/mol. The molecule has 2 N–H and O–H groups in total. The Bertz CT molecular complexity index is 908. The smallest absolute Gasteiger partial charge is 0.434 e. The molecule has 2 aromatic rings. The van der Waals surface area contributed by atoms with Gasteiger partial charge in [0.25, 0.3) is 5.91 Å². The summed E-state index contributed by atoms with van der Waals surface area (Å²) in [5, 5.41) is 16.1. The van der Waals surface area contributed by atoms with E-state index >= 15 is 0 Å². The normalized spacial score (nSPS) is 14.8. The monoisotopic (exact) mass is 440 g/mol. The second-order valence-electron chi connectivity index (χ2n) is 7.13. The standard InChI is InChI=1S/C19H23F3N6O3/c1-31-15-8-7-14(26-27-15)28-16(19(20,21)22)13(11-25-28)18(30)24-10-9-23-17(29)12-5-3-2-4-6-12/h7-8,11-12H,2-6,9-10H2,1H3,(H,23,29)(H,24,30). The summed E-state index contributed by atoms with van der Waals surface area (Å²) < 4.78 is 46.3. The zero-order valence-electron chi connectivity index (χ0n) is 16.9. The fourth-order valence-electron chi connectivity index (χ4n) is 3.46. The largest absolute Gasteiger partial charge is 0.480 e. The molecule has 1 aliphatic rings. The van der Waals surface area contributed by atoms with Crippen molar-refractivity contribution in [3.63, 3.8) is 0 Å². The van der Waals surface area contributed by atoms with E-state index in [0.29, 0.717) is 4.68 Å². The van der Waals surface area contributed by atoms with Crippen molar-refractivity contribution in [1.82, 2.24) is 30.6 Å². The molecule has 0 saturated heterocycles. The van der Waals surface area contributed by atoms with Gasteiger partial charge in [-0.15, -0.1) is 10.2 Å². The van der Waals surface area contributed by atoms with Crippen molar-refractivity contribution in [1.29, 1.82) is 0 Å². The maximum absolute atomic E-state index is 13.7. The first-order chi connectivity index (χ1) is 14.8. The van der Waals surface area contributed by atoms with Crippen LogP contribution in [0.25, 0.3) is 5.82 Å². The number of amides is 2. The molecule has 0 bridgehead atoms. The maximum Gasteiger partial charge on any atom is 0.434 e. The Morgan fingerprint density at radius 1 is 1.13 bits per heavy atom. The van der Waals surface area contributed by atoms with E-state index in [1.165, 1.54) is 19.2 Å². The number of rotatable bonds is 7. The Morgan fingerprint density at radius 3 is 2.45 bits per heavy atom. The van der Waals surface area contributed by atoms with Gasteiger partial charge in [-0.2, -0.15) is 18.3 Å². The molecule has 3 rings (SSSR count). The van der Waals surface area contributed by atoms with Gasteiger partial charge in [-0.1, -0.05) is 19.3 Å². The van der Waals surface area contributed by atoms with E-state index in [0.717, 1.165) is 38.3 Å². The first-order valence-corrected chi connectivity index (χ1v) is 9.90. The number of aromatic nitrogens is 4. The highest BCUT2D eigenvalue weighted by Crippen LogP contribution is 2.33. The molecule has 2 amide bonds. The maximum atomic E-state index is 13.7. The molecule has 0 aromatic carbocycles. The molecule has 0 radical (unpaired) electrons. The lowest BCUT2D eigenvalue weighted by Crippen LogP contribution is -2.38. The second-order valence-corrected chi connectivity index (χ2v) is 7.13. The summed E-state index contributed by atoms with van der Waals surface area (Å²) in [6, 6.07) is 2.58. The number of methoxy groups -OCH3 is 1. The van der Waals surface area contributed by atoms with E-state index in [4.69, 9.17) is 4.74 Å². The van der Waals surface area contributed by atoms with Gasteiger partial charge in [-0.3, -0.25) is 9.59 Å². The van der Waals surface area contributed by atoms with E-state index in [-0.39, 0.29) is 36.6 Å². The lowest BCUT2D eigenvalue weighted by molar-refractivity contribution is -0.143. The van der Waals surface area contributed by atoms with Crippen LogP contribution in [0.4, 0.5) is 13.2 Å². The minimum absolute atomic E-state index is 0.0118. The van der Waals surface area contributed by atoms with Gasteiger partial charge in [0.1, 0.15) is 0 Å². The predicted molar refractivity (Wildman–Crippen MR) is 103 cm³/mol. The summed E-state index contributed by atoms with van der Waals surface area (Å²) in [5.74, 6) is -1.17. The van der Waals surface area contributed by atoms with Crippen LogP contribution in [0.15, 0.2) is 18.3 Å². The highest BCUT2D eigenvalue weighted by molar-refractivity contribution is 5.95. The highest BCUT2D eigenvalue weighted by Gasteiger charge is 2.41. The van der Waals surface area contributed by atoms with Crippen LogP contribution >= 0.6 is 0 Å². The Morgan fingerprint density at radius 2 is 1.84 bits per heavy atom. The molecule has 0 atom stereocenters. The third kappa shape index (κ3) is 5.50. The second kappa shape index (κ2) is 9.75. The number of ether oxygens (including phenoxy) is 1. The number of alkyl halides is 3. The van der Waals surface area contributed by atoms with Crippen molar-refractivity contribution in [2.75, 3.05) is 20.2 Å². The topological polar surface area (TPSA) is 111 Å². The molecular formula is C19H23F3N6O3. The quantitative estimate of drug-likeness (QED) is 0.638. The van der Waals surface area contributed by atoms with E-state index in [1.54, 1.807) is 0 Å². The summed E-state index contributed by atoms with van der Waals surface area (Å²) >= 11 is 0. The summed E-state index contributed by atoms with van der Waals surface area (Å²) in [4.78, 5) is 24.5. The summed E-state index contributed by atoms with van der Waals surface area (Å²) in [6.45, 7) is 0.114. The van der Waals surface area contributed by atoms with Gasteiger partial charge in [-0.05, 0) is 18.9 Å². The zero-order valence-corrected chi connectivity index (χ0v) is 16.9. The Labute approximate surface area is 176 Å². The SMILES string of the molecule is COc1ccc(-n2ncc(C(=O)NCCNC(=O)C3CCCCC3)c2C(F)(F)F)nn1. The third-order valence-corrected chi connectivity index (χ3v) is 5.02. The molecule has 0 spiro atoms. The Balaban J connectivity index is 1.65. The lowest BCUT2D eigenvalue weighted by atomic mass is 9.89. The van der Waals surface area contributed by atoms with Gasteiger partial charge in [0, 0.05) is 25.1 Å². The zero-order chi connectivity index (χ0) is 22.4. The number of nitrogens with zero attached hydrogens (tertiary/aromatic N) is 4. The van der Waals surface area contributed by atoms with Crippen LogP contribution in [0.5, 0.6) is 5.88 Å². The fourth-order valence-corrected chi connectivity index (χ4v) is 3.46. The van der Waals surface area contributed by atoms with Crippen LogP contribution in [0.1, 0.15) is 48.2 Å². The Hall–Kier alpha value is -3.18. The fraction of sp³-hybridized carbons (Fsp3) is 0.526. The minimum Gasteiger partial charge on any atom is -0.480 e. The van der Waals surface area contributed by atoms with Gasteiger partial charge in [0.05, 0.1) is 18.9 Å². The minimum atomic E-state index is -4.86. The molecule has 2 heterocycles. The highest BCUT2D eigenvalue weighted by atomic mass is 19.4. The molecule has 9 nitrogen and oxygen atoms in total. The molecule has 1 saturated carbocycles. The Kier molecular flexibility index (Phi) is 7.08. The van der Waals surface area contributed by atoms with Crippen LogP contribution in [-0.2, 0) is 11.0 Å². The van der Waals surface area contributed by atoms with Crippen molar-refractivity contribution in [2.24, 2.45) is 5.92 Å². The van der Waals surface area contributed by atoms with Gasteiger partial charge in [-0.25, -0.2) is 4.68 Å². The summed E-state index contributed by atoms with van der Waals surface area (Å²) in [6.07, 6.45) is 0.776. The van der Waals surface area contributed by atoms with Gasteiger partial charge in [0.2, 0.25) is 11.8 Å². The van der Waals surface area contributed by atoms with E-state index in [9.17, 15) is 22.8 Å². The number of carbonyl (C=O) groups is 2.